The summed E-state index contributed by atoms with van der Waals surface area (Å²) >= 11 is 6.37. The predicted molar refractivity (Wildman–Crippen MR) is 123 cm³/mol. The van der Waals surface area contributed by atoms with Crippen LogP contribution in [0, 0.1) is 0 Å². The van der Waals surface area contributed by atoms with Crippen molar-refractivity contribution >= 4 is 40.2 Å². The van der Waals surface area contributed by atoms with Gasteiger partial charge < -0.3 is 15.0 Å². The number of carbonyl (C=O) groups is 2. The highest BCUT2D eigenvalue weighted by Crippen LogP contribution is 2.24. The number of hydrogen-bond acceptors (Lipinski definition) is 5. The Bertz CT molecular complexity index is 1340. The first-order chi connectivity index (χ1) is 16.0. The molecule has 0 unspecified atom stereocenters. The van der Waals surface area contributed by atoms with E-state index >= 15 is 0 Å². The minimum Gasteiger partial charge on any atom is -0.464 e. The molecule has 4 rings (SSSR count). The SMILES string of the molecule is COC(=O)c1cc2cc(CCc3cc(NC(=O)c4cncc(CF)c4)ccc3Cl)cnc2[nH]1. The van der Waals surface area contributed by atoms with Crippen molar-refractivity contribution in [2.24, 2.45) is 0 Å². The van der Waals surface area contributed by atoms with E-state index in [1.54, 1.807) is 24.4 Å². The Hall–Kier alpha value is -3.78. The van der Waals surface area contributed by atoms with E-state index in [0.29, 0.717) is 40.5 Å². The van der Waals surface area contributed by atoms with Crippen molar-refractivity contribution in [1.29, 1.82) is 0 Å². The van der Waals surface area contributed by atoms with Crippen LogP contribution >= 0.6 is 11.6 Å². The molecule has 1 aromatic carbocycles. The number of benzene rings is 1. The number of H-pyrrole nitrogens is 1. The molecule has 0 bridgehead atoms. The lowest BCUT2D eigenvalue weighted by molar-refractivity contribution is 0.0595. The summed E-state index contributed by atoms with van der Waals surface area (Å²) in [6.45, 7) is -0.688. The zero-order chi connectivity index (χ0) is 23.4. The summed E-state index contributed by atoms with van der Waals surface area (Å²) < 4.78 is 17.6. The number of aryl methyl sites for hydroxylation is 2. The minimum atomic E-state index is -0.688. The molecule has 33 heavy (non-hydrogen) atoms. The average molecular weight is 467 g/mol. The van der Waals surface area contributed by atoms with Gasteiger partial charge >= 0.3 is 5.97 Å². The van der Waals surface area contributed by atoms with Crippen LogP contribution in [0.4, 0.5) is 10.1 Å². The maximum atomic E-state index is 12.8. The lowest BCUT2D eigenvalue weighted by atomic mass is 10.0. The number of halogens is 2. The number of anilines is 1. The van der Waals surface area contributed by atoms with E-state index in [1.807, 2.05) is 12.1 Å². The number of carbonyl (C=O) groups excluding carboxylic acids is 2. The maximum absolute atomic E-state index is 12.8. The van der Waals surface area contributed by atoms with Crippen LogP contribution in [-0.2, 0) is 24.3 Å². The Morgan fingerprint density at radius 2 is 1.94 bits per heavy atom. The number of pyridine rings is 2. The first kappa shape index (κ1) is 22.4. The Labute approximate surface area is 194 Å². The quantitative estimate of drug-likeness (QED) is 0.377. The van der Waals surface area contributed by atoms with Gasteiger partial charge in [-0.1, -0.05) is 11.6 Å². The van der Waals surface area contributed by atoms with Crippen molar-refractivity contribution < 1.29 is 18.7 Å². The second kappa shape index (κ2) is 9.79. The predicted octanol–water partition coefficient (Wildman–Crippen LogP) is 4.90. The number of nitrogens with one attached hydrogen (secondary N) is 2. The Balaban J connectivity index is 1.46. The van der Waals surface area contributed by atoms with Gasteiger partial charge in [0.25, 0.3) is 5.91 Å². The Morgan fingerprint density at radius 1 is 1.09 bits per heavy atom. The molecule has 3 aromatic heterocycles. The van der Waals surface area contributed by atoms with Gasteiger partial charge in [0.15, 0.2) is 0 Å². The highest BCUT2D eigenvalue weighted by Gasteiger charge is 2.12. The van der Waals surface area contributed by atoms with E-state index in [-0.39, 0.29) is 11.5 Å². The molecule has 0 saturated carbocycles. The fourth-order valence-electron chi connectivity index (χ4n) is 3.43. The van der Waals surface area contributed by atoms with Gasteiger partial charge in [-0.2, -0.15) is 0 Å². The van der Waals surface area contributed by atoms with Gasteiger partial charge in [0, 0.05) is 40.3 Å². The van der Waals surface area contributed by atoms with E-state index in [2.05, 4.69) is 20.3 Å². The molecule has 1 amide bonds. The van der Waals surface area contributed by atoms with Gasteiger partial charge in [0.2, 0.25) is 0 Å². The molecule has 3 heterocycles. The van der Waals surface area contributed by atoms with E-state index in [9.17, 15) is 14.0 Å². The summed E-state index contributed by atoms with van der Waals surface area (Å²) in [5.74, 6) is -0.831. The van der Waals surface area contributed by atoms with Gasteiger partial charge in [-0.25, -0.2) is 14.2 Å². The van der Waals surface area contributed by atoms with Crippen molar-refractivity contribution in [3.05, 3.63) is 88.0 Å². The molecule has 0 atom stereocenters. The van der Waals surface area contributed by atoms with Crippen LogP contribution in [-0.4, -0.2) is 33.9 Å². The number of hydrogen-bond donors (Lipinski definition) is 2. The fraction of sp³-hybridized carbons (Fsp3) is 0.167. The lowest BCUT2D eigenvalue weighted by Crippen LogP contribution is -2.12. The molecule has 0 spiro atoms. The normalized spacial score (nSPS) is 10.9. The van der Waals surface area contributed by atoms with Gasteiger partial charge in [-0.05, 0) is 60.4 Å². The van der Waals surface area contributed by atoms with Gasteiger partial charge in [-0.15, -0.1) is 0 Å². The molecule has 2 N–H and O–H groups in total. The van der Waals surface area contributed by atoms with Crippen molar-refractivity contribution in [3.63, 3.8) is 0 Å². The van der Waals surface area contributed by atoms with Crippen LogP contribution in [0.25, 0.3) is 11.0 Å². The van der Waals surface area contributed by atoms with Crippen LogP contribution < -0.4 is 5.32 Å². The summed E-state index contributed by atoms with van der Waals surface area (Å²) in [4.78, 5) is 35.4. The van der Waals surface area contributed by atoms with Crippen LogP contribution in [0.15, 0.2) is 55.0 Å². The molecule has 0 aliphatic heterocycles. The summed E-state index contributed by atoms with van der Waals surface area (Å²) in [6, 6.07) is 10.4. The molecule has 168 valence electrons. The summed E-state index contributed by atoms with van der Waals surface area (Å²) in [7, 11) is 1.32. The lowest BCUT2D eigenvalue weighted by Gasteiger charge is -2.10. The van der Waals surface area contributed by atoms with Crippen molar-refractivity contribution in [3.8, 4) is 0 Å². The third-order valence-corrected chi connectivity index (χ3v) is 5.50. The zero-order valence-electron chi connectivity index (χ0n) is 17.7. The molecule has 9 heteroatoms. The molecule has 0 aliphatic carbocycles. The number of amides is 1. The summed E-state index contributed by atoms with van der Waals surface area (Å²) in [5, 5.41) is 4.19. The first-order valence-electron chi connectivity index (χ1n) is 10.1. The van der Waals surface area contributed by atoms with Gasteiger partial charge in [0.1, 0.15) is 18.0 Å². The molecular formula is C24H20ClFN4O3. The largest absolute Gasteiger partial charge is 0.464 e. The number of aromatic nitrogens is 3. The first-order valence-corrected chi connectivity index (χ1v) is 10.5. The molecule has 0 aliphatic rings. The number of alkyl halides is 1. The topological polar surface area (TPSA) is 97.0 Å². The zero-order valence-corrected chi connectivity index (χ0v) is 18.4. The summed E-state index contributed by atoms with van der Waals surface area (Å²) in [6.07, 6.45) is 5.78. The molecule has 4 aromatic rings. The number of methoxy groups -OCH3 is 1. The monoisotopic (exact) mass is 466 g/mol. The van der Waals surface area contributed by atoms with Crippen molar-refractivity contribution in [1.82, 2.24) is 15.0 Å². The Kier molecular flexibility index (Phi) is 6.65. The van der Waals surface area contributed by atoms with Crippen LogP contribution in [0.1, 0.15) is 37.5 Å². The number of fused-ring (bicyclic) bond motifs is 1. The maximum Gasteiger partial charge on any atom is 0.354 e. The molecular weight excluding hydrogens is 447 g/mol. The van der Waals surface area contributed by atoms with Crippen molar-refractivity contribution in [2.45, 2.75) is 19.5 Å². The number of ether oxygens (including phenoxy) is 1. The van der Waals surface area contributed by atoms with Crippen LogP contribution in [0.3, 0.4) is 0 Å². The van der Waals surface area contributed by atoms with E-state index < -0.39 is 12.6 Å². The number of esters is 1. The van der Waals surface area contributed by atoms with Crippen LogP contribution in [0.5, 0.6) is 0 Å². The fourth-order valence-corrected chi connectivity index (χ4v) is 3.64. The van der Waals surface area contributed by atoms with E-state index in [0.717, 1.165) is 16.5 Å². The third kappa shape index (κ3) is 5.18. The smallest absolute Gasteiger partial charge is 0.354 e. The highest BCUT2D eigenvalue weighted by atomic mass is 35.5. The van der Waals surface area contributed by atoms with Gasteiger partial charge in [-0.3, -0.25) is 9.78 Å². The molecule has 7 nitrogen and oxygen atoms in total. The molecule has 0 radical (unpaired) electrons. The Morgan fingerprint density at radius 3 is 2.73 bits per heavy atom. The second-order valence-corrected chi connectivity index (χ2v) is 7.84. The van der Waals surface area contributed by atoms with E-state index in [1.165, 1.54) is 25.6 Å². The molecule has 0 saturated heterocycles. The third-order valence-electron chi connectivity index (χ3n) is 5.13. The standard InChI is InChI=1S/C24H20ClFN4O3/c1-33-24(32)21-9-17-6-14(12-28-22(17)30-21)2-3-16-8-19(4-5-20(16)25)29-23(31)18-7-15(10-26)11-27-13-18/h4-9,11-13H,2-3,10H2,1H3,(H,28,30)(H,29,31). The second-order valence-electron chi connectivity index (χ2n) is 7.43. The summed E-state index contributed by atoms with van der Waals surface area (Å²) in [5.41, 5.74) is 3.97. The number of aromatic amines is 1. The van der Waals surface area contributed by atoms with E-state index in [4.69, 9.17) is 16.3 Å². The van der Waals surface area contributed by atoms with Crippen molar-refractivity contribution in [2.75, 3.05) is 12.4 Å². The highest BCUT2D eigenvalue weighted by molar-refractivity contribution is 6.31. The minimum absolute atomic E-state index is 0.277. The number of rotatable bonds is 7. The van der Waals surface area contributed by atoms with Gasteiger partial charge in [0.05, 0.1) is 12.7 Å². The van der Waals surface area contributed by atoms with Crippen LogP contribution in [0.2, 0.25) is 5.02 Å². The average Bonchev–Trinajstić information content (AvgIpc) is 3.27. The number of nitrogens with zero attached hydrogens (tertiary/aromatic N) is 2. The molecule has 0 fully saturated rings.